The van der Waals surface area contributed by atoms with Gasteiger partial charge < -0.3 is 20.6 Å². The van der Waals surface area contributed by atoms with Crippen molar-refractivity contribution in [3.63, 3.8) is 0 Å². The van der Waals surface area contributed by atoms with Crippen LogP contribution in [0.25, 0.3) is 16.8 Å². The molecule has 10 nitrogen and oxygen atoms in total. The molecule has 5 rings (SSSR count). The molecule has 0 aromatic carbocycles. The third-order valence-electron chi connectivity index (χ3n) is 7.09. The summed E-state index contributed by atoms with van der Waals surface area (Å²) in [6, 6.07) is 1.59. The van der Waals surface area contributed by atoms with Crippen LogP contribution in [0.1, 0.15) is 35.0 Å². The number of carbonyl (C=O) groups excluding carboxylic acids is 2. The molecule has 0 aliphatic carbocycles. The third kappa shape index (κ3) is 4.31. The van der Waals surface area contributed by atoms with Crippen molar-refractivity contribution in [3.05, 3.63) is 41.5 Å². The van der Waals surface area contributed by atoms with E-state index in [2.05, 4.69) is 15.1 Å². The first-order valence-corrected chi connectivity index (χ1v) is 11.7. The molecule has 0 bridgehead atoms. The topological polar surface area (TPSA) is 130 Å². The monoisotopic (exact) mass is 557 g/mol. The second-order valence-electron chi connectivity index (χ2n) is 9.58. The number of likely N-dealkylation sites (tertiary alicyclic amines) is 1. The lowest BCUT2D eigenvalue weighted by molar-refractivity contribution is -0.249. The van der Waals surface area contributed by atoms with Gasteiger partial charge in [-0.1, -0.05) is 0 Å². The molecule has 1 unspecified atom stereocenters. The molecule has 5 heterocycles. The molecule has 3 N–H and O–H groups in total. The van der Waals surface area contributed by atoms with Crippen LogP contribution < -0.4 is 5.73 Å². The molecule has 2 aliphatic rings. The van der Waals surface area contributed by atoms with Crippen molar-refractivity contribution in [2.45, 2.75) is 43.8 Å². The Kier molecular flexibility index (Phi) is 6.01. The number of nitrogens with zero attached hydrogens (tertiary/aromatic N) is 6. The summed E-state index contributed by atoms with van der Waals surface area (Å²) >= 11 is 0. The number of aliphatic hydroxyl groups is 1. The van der Waals surface area contributed by atoms with Crippen molar-refractivity contribution in [3.8, 4) is 11.3 Å². The summed E-state index contributed by atoms with van der Waals surface area (Å²) in [5, 5.41) is 13.6. The van der Waals surface area contributed by atoms with Gasteiger partial charge in [0.05, 0.1) is 28.6 Å². The molecule has 3 aromatic heterocycles. The van der Waals surface area contributed by atoms with Gasteiger partial charge >= 0.3 is 12.4 Å². The van der Waals surface area contributed by atoms with Gasteiger partial charge in [0.2, 0.25) is 5.60 Å². The molecular weight excluding hydrogens is 536 g/mol. The average Bonchev–Trinajstić information content (AvgIpc) is 3.49. The number of nitrogens with two attached hydrogens (primary N) is 1. The van der Waals surface area contributed by atoms with E-state index >= 15 is 0 Å². The Morgan fingerprint density at radius 3 is 2.51 bits per heavy atom. The Labute approximate surface area is 216 Å². The first-order chi connectivity index (χ1) is 18.1. The second kappa shape index (κ2) is 8.79. The number of halogens is 6. The van der Waals surface area contributed by atoms with E-state index in [-0.39, 0.29) is 55.1 Å². The van der Waals surface area contributed by atoms with E-state index in [0.717, 1.165) is 21.8 Å². The van der Waals surface area contributed by atoms with Crippen molar-refractivity contribution in [1.29, 1.82) is 0 Å². The van der Waals surface area contributed by atoms with Crippen LogP contribution in [-0.2, 0) is 17.4 Å². The van der Waals surface area contributed by atoms with Crippen molar-refractivity contribution < 1.29 is 41.0 Å². The molecule has 0 radical (unpaired) electrons. The number of fused-ring (bicyclic) bond motifs is 2. The molecule has 39 heavy (non-hydrogen) atoms. The van der Waals surface area contributed by atoms with E-state index in [1.807, 2.05) is 0 Å². The van der Waals surface area contributed by atoms with Crippen molar-refractivity contribution in [2.24, 2.45) is 0 Å². The van der Waals surface area contributed by atoms with Gasteiger partial charge in [0, 0.05) is 37.8 Å². The van der Waals surface area contributed by atoms with Crippen molar-refractivity contribution >= 4 is 23.1 Å². The zero-order valence-electron chi connectivity index (χ0n) is 20.2. The summed E-state index contributed by atoms with van der Waals surface area (Å²) in [5.41, 5.74) is 1.24. The van der Waals surface area contributed by atoms with Crippen LogP contribution in [0, 0.1) is 0 Å². The molecule has 0 saturated carbocycles. The first kappa shape index (κ1) is 26.6. The maximum absolute atomic E-state index is 13.7. The highest BCUT2D eigenvalue weighted by Gasteiger charge is 2.58. The van der Waals surface area contributed by atoms with Crippen LogP contribution in [0.15, 0.2) is 24.7 Å². The van der Waals surface area contributed by atoms with E-state index in [4.69, 9.17) is 5.73 Å². The summed E-state index contributed by atoms with van der Waals surface area (Å²) in [4.78, 5) is 36.0. The number of pyridine rings is 1. The van der Waals surface area contributed by atoms with Crippen LogP contribution in [0.5, 0.6) is 0 Å². The number of rotatable bonds is 3. The van der Waals surface area contributed by atoms with Gasteiger partial charge in [-0.15, -0.1) is 0 Å². The van der Waals surface area contributed by atoms with Crippen LogP contribution in [0.4, 0.5) is 32.2 Å². The number of amides is 2. The zero-order chi connectivity index (χ0) is 28.5. The average molecular weight is 557 g/mol. The standard InChI is InChI=1S/C23H21F6N7O3/c1-21(39,23(27,28)29)20(38)34-4-2-12(9-34)35-5-3-15-13(19(35)37)6-11(8-31-15)16-7-14(22(24,25)26)17-18(30)32-10-33-36(16)17/h6-8,10,12,39H,2-5,9H2,1H3,(H2,30,32,33)/t12?,21-/m1/s1. The van der Waals surface area contributed by atoms with E-state index in [1.54, 1.807) is 0 Å². The van der Waals surface area contributed by atoms with Crippen molar-refractivity contribution in [2.75, 3.05) is 25.4 Å². The molecule has 3 aromatic rings. The minimum absolute atomic E-state index is 0.0290. The molecular formula is C23H21F6N7O3. The molecule has 2 aliphatic heterocycles. The number of aromatic nitrogens is 4. The Hall–Kier alpha value is -3.95. The maximum Gasteiger partial charge on any atom is 0.426 e. The Morgan fingerprint density at radius 1 is 1.13 bits per heavy atom. The number of alkyl halides is 6. The molecule has 2 atom stereocenters. The SMILES string of the molecule is C[C@@](O)(C(=O)N1CCC(N2CCc3ncc(-c4cc(C(F)(F)F)c5c(N)ncnn45)cc3C2=O)C1)C(F)(F)F. The minimum atomic E-state index is -5.17. The Morgan fingerprint density at radius 2 is 1.85 bits per heavy atom. The highest BCUT2D eigenvalue weighted by Crippen LogP contribution is 2.39. The summed E-state index contributed by atoms with van der Waals surface area (Å²) < 4.78 is 81.5. The third-order valence-corrected chi connectivity index (χ3v) is 7.09. The number of hydrogen-bond acceptors (Lipinski definition) is 7. The summed E-state index contributed by atoms with van der Waals surface area (Å²) in [5.74, 6) is -2.42. The second-order valence-corrected chi connectivity index (χ2v) is 9.58. The van der Waals surface area contributed by atoms with Crippen LogP contribution in [0.2, 0.25) is 0 Å². The van der Waals surface area contributed by atoms with Gasteiger partial charge in [0.25, 0.3) is 11.8 Å². The smallest absolute Gasteiger partial charge is 0.382 e. The highest BCUT2D eigenvalue weighted by molar-refractivity contribution is 5.98. The zero-order valence-corrected chi connectivity index (χ0v) is 20.2. The minimum Gasteiger partial charge on any atom is -0.382 e. The number of hydrogen-bond donors (Lipinski definition) is 2. The van der Waals surface area contributed by atoms with Crippen LogP contribution >= 0.6 is 0 Å². The van der Waals surface area contributed by atoms with Gasteiger partial charge in [0.1, 0.15) is 11.8 Å². The van der Waals surface area contributed by atoms with E-state index < -0.39 is 46.9 Å². The summed E-state index contributed by atoms with van der Waals surface area (Å²) in [6.07, 6.45) is -7.16. The number of anilines is 1. The molecule has 16 heteroatoms. The lowest BCUT2D eigenvalue weighted by Crippen LogP contribution is -2.56. The molecule has 2 amide bonds. The van der Waals surface area contributed by atoms with E-state index in [9.17, 15) is 41.0 Å². The van der Waals surface area contributed by atoms with Gasteiger partial charge in [-0.2, -0.15) is 31.4 Å². The van der Waals surface area contributed by atoms with Crippen molar-refractivity contribution in [1.82, 2.24) is 29.4 Å². The quantitative estimate of drug-likeness (QED) is 0.473. The molecule has 208 valence electrons. The molecule has 0 spiro atoms. The Bertz CT molecular complexity index is 1480. The molecule has 1 fully saturated rings. The maximum atomic E-state index is 13.7. The number of carbonyl (C=O) groups is 2. The lowest BCUT2D eigenvalue weighted by atomic mass is 10.00. The number of nitrogen functional groups attached to an aromatic ring is 1. The van der Waals surface area contributed by atoms with Gasteiger partial charge in [-0.25, -0.2) is 9.50 Å². The fourth-order valence-electron chi connectivity index (χ4n) is 4.95. The molecule has 1 saturated heterocycles. The lowest BCUT2D eigenvalue weighted by Gasteiger charge is -2.34. The largest absolute Gasteiger partial charge is 0.426 e. The summed E-state index contributed by atoms with van der Waals surface area (Å²) in [7, 11) is 0. The van der Waals surface area contributed by atoms with E-state index in [0.29, 0.717) is 12.6 Å². The van der Waals surface area contributed by atoms with Gasteiger partial charge in [-0.05, 0) is 25.5 Å². The summed E-state index contributed by atoms with van der Waals surface area (Å²) in [6.45, 7) is 0.249. The van der Waals surface area contributed by atoms with Gasteiger partial charge in [-0.3, -0.25) is 14.6 Å². The Balaban J connectivity index is 1.44. The normalized spacial score (nSPS) is 19.9. The predicted octanol–water partition coefficient (Wildman–Crippen LogP) is 2.30. The highest BCUT2D eigenvalue weighted by atomic mass is 19.4. The predicted molar refractivity (Wildman–Crippen MR) is 122 cm³/mol. The van der Waals surface area contributed by atoms with Gasteiger partial charge in [0.15, 0.2) is 5.82 Å². The fraction of sp³-hybridized carbons (Fsp3) is 0.435. The first-order valence-electron chi connectivity index (χ1n) is 11.7. The van der Waals surface area contributed by atoms with Crippen LogP contribution in [0.3, 0.4) is 0 Å². The van der Waals surface area contributed by atoms with E-state index in [1.165, 1.54) is 17.2 Å². The fourth-order valence-corrected chi connectivity index (χ4v) is 4.95. The van der Waals surface area contributed by atoms with Crippen LogP contribution in [-0.4, -0.2) is 83.8 Å².